The van der Waals surface area contributed by atoms with Gasteiger partial charge < -0.3 is 33.0 Å². The quantitative estimate of drug-likeness (QED) is 0.324. The van der Waals surface area contributed by atoms with Crippen LogP contribution < -0.4 is 14.5 Å². The Bertz CT molecular complexity index is 1160. The second-order valence-electron chi connectivity index (χ2n) is 10.7. The van der Waals surface area contributed by atoms with Crippen LogP contribution in [0.2, 0.25) is 0 Å². The van der Waals surface area contributed by atoms with Gasteiger partial charge in [0, 0.05) is 39.2 Å². The van der Waals surface area contributed by atoms with E-state index in [-0.39, 0.29) is 31.4 Å². The topological polar surface area (TPSA) is 115 Å². The molecule has 4 rings (SSSR count). The van der Waals surface area contributed by atoms with Crippen LogP contribution in [0.25, 0.3) is 0 Å². The number of carbonyl (C=O) groups excluding carboxylic acids is 3. The molecular formula is C26H35FN5O7+. The maximum absolute atomic E-state index is 15.2. The van der Waals surface area contributed by atoms with Crippen molar-refractivity contribution in [3.8, 4) is 5.88 Å². The molecule has 39 heavy (non-hydrogen) atoms. The first-order chi connectivity index (χ1) is 18.5. The Labute approximate surface area is 226 Å². The highest BCUT2D eigenvalue weighted by Crippen LogP contribution is 2.29. The van der Waals surface area contributed by atoms with Gasteiger partial charge in [-0.1, -0.05) is 0 Å². The number of aromatic nitrogens is 1. The largest absolute Gasteiger partial charge is 0.471 e. The lowest BCUT2D eigenvalue weighted by atomic mass is 10.1. The maximum Gasteiger partial charge on any atom is 0.414 e. The van der Waals surface area contributed by atoms with Crippen LogP contribution in [-0.2, 0) is 19.1 Å². The van der Waals surface area contributed by atoms with Crippen molar-refractivity contribution in [1.29, 1.82) is 0 Å². The average Bonchev–Trinajstić information content (AvgIpc) is 3.51. The summed E-state index contributed by atoms with van der Waals surface area (Å²) in [6.45, 7) is 3.89. The predicted octanol–water partition coefficient (Wildman–Crippen LogP) is 1.89. The highest BCUT2D eigenvalue weighted by atomic mass is 19.1. The summed E-state index contributed by atoms with van der Waals surface area (Å²) < 4.78 is 36.6. The van der Waals surface area contributed by atoms with Gasteiger partial charge in [-0.2, -0.15) is 0 Å². The fourth-order valence-electron chi connectivity index (χ4n) is 4.70. The number of rotatable bonds is 10. The number of likely N-dealkylation sites (N-methyl/N-ethyl adjacent to an activating group) is 1. The SMILES string of the molecule is CC(=O)O[C@H](CC(=O)N1CCN(c2ccc(N3CC(COc4ccon4)OC3=O)cc2F)CC1)C[N+](C)(C)C. The van der Waals surface area contributed by atoms with E-state index in [1.165, 1.54) is 24.2 Å². The second kappa shape index (κ2) is 11.9. The molecule has 0 aliphatic carbocycles. The molecule has 2 atom stereocenters. The number of hydrogen-bond donors (Lipinski definition) is 0. The van der Waals surface area contributed by atoms with Gasteiger partial charge in [0.2, 0.25) is 5.91 Å². The lowest BCUT2D eigenvalue weighted by Gasteiger charge is -2.37. The van der Waals surface area contributed by atoms with E-state index in [2.05, 4.69) is 5.16 Å². The number of halogens is 1. The Kier molecular flexibility index (Phi) is 8.58. The minimum absolute atomic E-state index is 0.0926. The van der Waals surface area contributed by atoms with Crippen LogP contribution in [0.15, 0.2) is 35.1 Å². The summed E-state index contributed by atoms with van der Waals surface area (Å²) in [4.78, 5) is 41.7. The van der Waals surface area contributed by atoms with Crippen molar-refractivity contribution in [3.63, 3.8) is 0 Å². The zero-order chi connectivity index (χ0) is 28.2. The molecule has 2 amide bonds. The molecule has 2 aromatic rings. The average molecular weight is 549 g/mol. The summed E-state index contributed by atoms with van der Waals surface area (Å²) in [6, 6.07) is 6.16. The van der Waals surface area contributed by atoms with Gasteiger partial charge in [0.05, 0.1) is 45.5 Å². The lowest BCUT2D eigenvalue weighted by Crippen LogP contribution is -2.51. The third-order valence-corrected chi connectivity index (χ3v) is 6.41. The van der Waals surface area contributed by atoms with Gasteiger partial charge >= 0.3 is 12.1 Å². The number of anilines is 2. The molecule has 0 spiro atoms. The number of hydrogen-bond acceptors (Lipinski definition) is 9. The number of nitrogens with zero attached hydrogens (tertiary/aromatic N) is 5. The zero-order valence-electron chi connectivity index (χ0n) is 22.7. The standard InChI is InChI=1S/C26H35FN5O7/c1-18(33)38-20(16-32(2,3)4)14-25(34)30-10-8-29(9-11-30)23-6-5-19(13-22(23)27)31-15-21(39-26(31)35)17-36-24-7-12-37-28-24/h5-7,12-13,20-21H,8-11,14-17H2,1-4H3/q+1/t20-,21?/m1/s1. The molecule has 0 bridgehead atoms. The van der Waals surface area contributed by atoms with Crippen molar-refractivity contribution < 1.29 is 42.0 Å². The Hall–Kier alpha value is -3.87. The van der Waals surface area contributed by atoms with E-state index in [1.54, 1.807) is 23.1 Å². The van der Waals surface area contributed by atoms with Crippen LogP contribution in [0.4, 0.5) is 20.6 Å². The van der Waals surface area contributed by atoms with Gasteiger partial charge in [0.25, 0.3) is 5.88 Å². The van der Waals surface area contributed by atoms with Crippen molar-refractivity contribution in [2.75, 3.05) is 76.8 Å². The summed E-state index contributed by atoms with van der Waals surface area (Å²) >= 11 is 0. The molecule has 1 aromatic heterocycles. The molecule has 2 saturated heterocycles. The van der Waals surface area contributed by atoms with Crippen molar-refractivity contribution >= 4 is 29.3 Å². The number of benzene rings is 1. The van der Waals surface area contributed by atoms with E-state index < -0.39 is 30.1 Å². The Morgan fingerprint density at radius 3 is 2.54 bits per heavy atom. The molecule has 13 heteroatoms. The molecule has 1 aromatic carbocycles. The summed E-state index contributed by atoms with van der Waals surface area (Å²) in [6.07, 6.45) is -0.150. The zero-order valence-corrected chi connectivity index (χ0v) is 22.7. The van der Waals surface area contributed by atoms with Crippen molar-refractivity contribution in [2.24, 2.45) is 0 Å². The molecule has 0 N–H and O–H groups in total. The first-order valence-electron chi connectivity index (χ1n) is 12.8. The first-order valence-corrected chi connectivity index (χ1v) is 12.8. The molecular weight excluding hydrogens is 513 g/mol. The van der Waals surface area contributed by atoms with E-state index in [0.29, 0.717) is 48.6 Å². The van der Waals surface area contributed by atoms with Crippen LogP contribution >= 0.6 is 0 Å². The van der Waals surface area contributed by atoms with E-state index in [4.69, 9.17) is 18.7 Å². The minimum Gasteiger partial charge on any atom is -0.471 e. The molecule has 2 aliphatic heterocycles. The third-order valence-electron chi connectivity index (χ3n) is 6.41. The van der Waals surface area contributed by atoms with Crippen LogP contribution in [0.3, 0.4) is 0 Å². The minimum atomic E-state index is -0.583. The number of esters is 1. The Balaban J connectivity index is 1.30. The lowest BCUT2D eigenvalue weighted by molar-refractivity contribution is -0.873. The van der Waals surface area contributed by atoms with Gasteiger partial charge in [0.1, 0.15) is 25.2 Å². The van der Waals surface area contributed by atoms with Gasteiger partial charge in [-0.3, -0.25) is 14.5 Å². The number of amides is 2. The fraction of sp³-hybridized carbons (Fsp3) is 0.538. The molecule has 212 valence electrons. The van der Waals surface area contributed by atoms with Crippen molar-refractivity contribution in [1.82, 2.24) is 10.1 Å². The van der Waals surface area contributed by atoms with E-state index in [0.717, 1.165) is 0 Å². The molecule has 0 saturated carbocycles. The Morgan fingerprint density at radius 2 is 1.92 bits per heavy atom. The summed E-state index contributed by atoms with van der Waals surface area (Å²) in [5.41, 5.74) is 0.778. The number of piperazine rings is 1. The van der Waals surface area contributed by atoms with Gasteiger partial charge in [0.15, 0.2) is 12.2 Å². The fourth-order valence-corrected chi connectivity index (χ4v) is 4.70. The molecule has 0 radical (unpaired) electrons. The van der Waals surface area contributed by atoms with Gasteiger partial charge in [-0.25, -0.2) is 9.18 Å². The summed E-state index contributed by atoms with van der Waals surface area (Å²) in [7, 11) is 5.92. The van der Waals surface area contributed by atoms with Crippen molar-refractivity contribution in [2.45, 2.75) is 25.6 Å². The number of ether oxygens (including phenoxy) is 3. The highest BCUT2D eigenvalue weighted by Gasteiger charge is 2.34. The van der Waals surface area contributed by atoms with E-state index in [1.807, 2.05) is 26.0 Å². The highest BCUT2D eigenvalue weighted by molar-refractivity contribution is 5.90. The molecule has 3 heterocycles. The third kappa shape index (κ3) is 7.59. The van der Waals surface area contributed by atoms with Crippen molar-refractivity contribution in [3.05, 3.63) is 36.3 Å². The number of quaternary nitrogens is 1. The van der Waals surface area contributed by atoms with Gasteiger partial charge in [-0.05, 0) is 23.4 Å². The number of carbonyl (C=O) groups is 3. The first kappa shape index (κ1) is 28.1. The molecule has 1 unspecified atom stereocenters. The number of cyclic esters (lactones) is 1. The normalized spacial score (nSPS) is 18.6. The smallest absolute Gasteiger partial charge is 0.414 e. The summed E-state index contributed by atoms with van der Waals surface area (Å²) in [5, 5.41) is 3.64. The second-order valence-corrected chi connectivity index (χ2v) is 10.7. The summed E-state index contributed by atoms with van der Waals surface area (Å²) in [5.74, 6) is -0.697. The van der Waals surface area contributed by atoms with E-state index >= 15 is 4.39 Å². The molecule has 2 fully saturated rings. The van der Waals surface area contributed by atoms with Crippen LogP contribution in [0, 0.1) is 5.82 Å². The monoisotopic (exact) mass is 548 g/mol. The maximum atomic E-state index is 15.2. The molecule has 12 nitrogen and oxygen atoms in total. The van der Waals surface area contributed by atoms with E-state index in [9.17, 15) is 14.4 Å². The predicted molar refractivity (Wildman–Crippen MR) is 138 cm³/mol. The van der Waals surface area contributed by atoms with Crippen LogP contribution in [-0.4, -0.2) is 112 Å². The van der Waals surface area contributed by atoms with Crippen LogP contribution in [0.5, 0.6) is 5.88 Å². The molecule has 2 aliphatic rings. The van der Waals surface area contributed by atoms with Gasteiger partial charge in [-0.15, -0.1) is 0 Å². The van der Waals surface area contributed by atoms with Crippen LogP contribution in [0.1, 0.15) is 13.3 Å². The Morgan fingerprint density at radius 1 is 1.18 bits per heavy atom.